The molecule has 10 heteroatoms. The first-order chi connectivity index (χ1) is 13.5. The highest BCUT2D eigenvalue weighted by atomic mass is 79.9. The molecule has 3 N–H and O–H groups in total. The van der Waals surface area contributed by atoms with Gasteiger partial charge in [0, 0.05) is 15.7 Å². The molecule has 1 aromatic heterocycles. The summed E-state index contributed by atoms with van der Waals surface area (Å²) in [5, 5.41) is 14.5. The van der Waals surface area contributed by atoms with E-state index in [9.17, 15) is 14.9 Å². The average molecular weight is 443 g/mol. The molecular weight excluding hydrogens is 428 g/mol. The molecule has 9 nitrogen and oxygen atoms in total. The molecular formula is C18H15BrN6O3. The lowest BCUT2D eigenvalue weighted by molar-refractivity contribution is -0.383. The molecule has 28 heavy (non-hydrogen) atoms. The van der Waals surface area contributed by atoms with E-state index in [4.69, 9.17) is 0 Å². The highest BCUT2D eigenvalue weighted by molar-refractivity contribution is 9.10. The minimum absolute atomic E-state index is 0.00466. The number of nitro groups is 1. The zero-order chi connectivity index (χ0) is 20.1. The maximum absolute atomic E-state index is 12.3. The van der Waals surface area contributed by atoms with Gasteiger partial charge in [0.25, 0.3) is 5.91 Å². The van der Waals surface area contributed by atoms with E-state index in [0.717, 1.165) is 16.4 Å². The Bertz CT molecular complexity index is 1030. The van der Waals surface area contributed by atoms with Crippen LogP contribution in [-0.4, -0.2) is 20.8 Å². The number of anilines is 3. The van der Waals surface area contributed by atoms with Gasteiger partial charge in [-0.3, -0.25) is 25.8 Å². The van der Waals surface area contributed by atoms with Crippen molar-refractivity contribution in [1.29, 1.82) is 0 Å². The first-order valence-electron chi connectivity index (χ1n) is 8.09. The van der Waals surface area contributed by atoms with Crippen molar-refractivity contribution >= 4 is 44.8 Å². The van der Waals surface area contributed by atoms with Crippen molar-refractivity contribution < 1.29 is 9.72 Å². The Hall–Kier alpha value is -3.53. The second kappa shape index (κ2) is 8.44. The first-order valence-corrected chi connectivity index (χ1v) is 8.89. The van der Waals surface area contributed by atoms with Crippen LogP contribution in [0.25, 0.3) is 0 Å². The number of halogens is 1. The zero-order valence-corrected chi connectivity index (χ0v) is 16.2. The fraction of sp³-hybridized carbons (Fsp3) is 0.0556. The topological polar surface area (TPSA) is 122 Å². The first kappa shape index (κ1) is 19.2. The average Bonchev–Trinajstić information content (AvgIpc) is 2.68. The summed E-state index contributed by atoms with van der Waals surface area (Å²) in [4.78, 5) is 31.1. The third-order valence-corrected chi connectivity index (χ3v) is 4.32. The van der Waals surface area contributed by atoms with Gasteiger partial charge in [-0.25, -0.2) is 9.97 Å². The summed E-state index contributed by atoms with van der Waals surface area (Å²) in [6.45, 7) is 1.79. The number of hydrogen-bond donors (Lipinski definition) is 3. The molecule has 2 aromatic carbocycles. The van der Waals surface area contributed by atoms with E-state index in [1.807, 2.05) is 6.07 Å². The number of aryl methyl sites for hydroxylation is 1. The monoisotopic (exact) mass is 442 g/mol. The summed E-state index contributed by atoms with van der Waals surface area (Å²) in [6, 6.07) is 14.0. The number of nitrogens with zero attached hydrogens (tertiary/aromatic N) is 3. The lowest BCUT2D eigenvalue weighted by atomic mass is 10.1. The number of aromatic nitrogens is 2. The van der Waals surface area contributed by atoms with E-state index in [1.165, 1.54) is 0 Å². The molecule has 0 aliphatic carbocycles. The Morgan fingerprint density at radius 1 is 1.07 bits per heavy atom. The van der Waals surface area contributed by atoms with E-state index in [-0.39, 0.29) is 11.6 Å². The fourth-order valence-corrected chi connectivity index (χ4v) is 2.68. The Morgan fingerprint density at radius 3 is 2.43 bits per heavy atom. The van der Waals surface area contributed by atoms with Gasteiger partial charge in [-0.1, -0.05) is 34.1 Å². The third-order valence-electron chi connectivity index (χ3n) is 3.80. The van der Waals surface area contributed by atoms with Crippen molar-refractivity contribution in [2.45, 2.75) is 6.92 Å². The van der Waals surface area contributed by atoms with Crippen molar-refractivity contribution in [3.8, 4) is 0 Å². The molecule has 0 aliphatic heterocycles. The number of rotatable bonds is 6. The molecule has 1 heterocycles. The largest absolute Gasteiger partial charge is 0.355 e. The third kappa shape index (κ3) is 4.41. The molecule has 3 rings (SSSR count). The molecule has 0 saturated carbocycles. The van der Waals surface area contributed by atoms with Crippen molar-refractivity contribution in [2.24, 2.45) is 0 Å². The quantitative estimate of drug-likeness (QED) is 0.389. The van der Waals surface area contributed by atoms with Crippen molar-refractivity contribution in [1.82, 2.24) is 15.4 Å². The van der Waals surface area contributed by atoms with E-state index in [1.54, 1.807) is 49.4 Å². The van der Waals surface area contributed by atoms with Gasteiger partial charge < -0.3 is 5.32 Å². The summed E-state index contributed by atoms with van der Waals surface area (Å²) in [6.07, 6.45) is 1.16. The molecule has 0 radical (unpaired) electrons. The summed E-state index contributed by atoms with van der Waals surface area (Å²) in [5.41, 5.74) is 6.38. The SMILES string of the molecule is Cc1ccccc1C(=O)NNc1ncnc(Nc2ccc(Br)cc2)c1[N+](=O)[O-]. The Labute approximate surface area is 168 Å². The fourth-order valence-electron chi connectivity index (χ4n) is 2.42. The van der Waals surface area contributed by atoms with E-state index in [0.29, 0.717) is 11.3 Å². The van der Waals surface area contributed by atoms with Crippen LogP contribution in [0.5, 0.6) is 0 Å². The van der Waals surface area contributed by atoms with E-state index >= 15 is 0 Å². The van der Waals surface area contributed by atoms with Crippen LogP contribution in [0.15, 0.2) is 59.3 Å². The smallest absolute Gasteiger partial charge is 0.334 e. The maximum atomic E-state index is 12.3. The zero-order valence-electron chi connectivity index (χ0n) is 14.6. The maximum Gasteiger partial charge on any atom is 0.355 e. The minimum atomic E-state index is -0.622. The number of amides is 1. The summed E-state index contributed by atoms with van der Waals surface area (Å²) >= 11 is 3.33. The van der Waals surface area contributed by atoms with Gasteiger partial charge in [-0.05, 0) is 42.8 Å². The van der Waals surface area contributed by atoms with Crippen LogP contribution in [0.4, 0.5) is 23.0 Å². The second-order valence-corrected chi connectivity index (χ2v) is 6.62. The molecule has 0 unspecified atom stereocenters. The van der Waals surface area contributed by atoms with Crippen LogP contribution in [0.1, 0.15) is 15.9 Å². The summed E-state index contributed by atoms with van der Waals surface area (Å²) in [5.74, 6) is -0.579. The highest BCUT2D eigenvalue weighted by Gasteiger charge is 2.24. The molecule has 0 saturated heterocycles. The van der Waals surface area contributed by atoms with Crippen molar-refractivity contribution in [2.75, 3.05) is 10.7 Å². The van der Waals surface area contributed by atoms with Gasteiger partial charge in [0.1, 0.15) is 6.33 Å². The van der Waals surface area contributed by atoms with Crippen LogP contribution in [0, 0.1) is 17.0 Å². The van der Waals surface area contributed by atoms with Gasteiger partial charge in [0.15, 0.2) is 0 Å². The Morgan fingerprint density at radius 2 is 1.75 bits per heavy atom. The molecule has 0 bridgehead atoms. The normalized spacial score (nSPS) is 10.2. The minimum Gasteiger partial charge on any atom is -0.334 e. The predicted molar refractivity (Wildman–Crippen MR) is 108 cm³/mol. The second-order valence-electron chi connectivity index (χ2n) is 5.70. The van der Waals surface area contributed by atoms with Gasteiger partial charge in [0.2, 0.25) is 11.6 Å². The van der Waals surface area contributed by atoms with Crippen molar-refractivity contribution in [3.63, 3.8) is 0 Å². The number of benzene rings is 2. The Balaban J connectivity index is 1.83. The lowest BCUT2D eigenvalue weighted by Gasteiger charge is -2.11. The number of nitrogens with one attached hydrogen (secondary N) is 3. The number of carbonyl (C=O) groups excluding carboxylic acids is 1. The van der Waals surface area contributed by atoms with Crippen LogP contribution in [-0.2, 0) is 0 Å². The van der Waals surface area contributed by atoms with E-state index in [2.05, 4.69) is 42.1 Å². The van der Waals surface area contributed by atoms with Crippen molar-refractivity contribution in [3.05, 3.63) is 80.6 Å². The molecule has 142 valence electrons. The molecule has 3 aromatic rings. The summed E-state index contributed by atoms with van der Waals surface area (Å²) < 4.78 is 0.872. The number of hydrogen-bond acceptors (Lipinski definition) is 7. The van der Waals surface area contributed by atoms with Crippen LogP contribution in [0.2, 0.25) is 0 Å². The molecule has 0 fully saturated rings. The number of hydrazine groups is 1. The number of carbonyl (C=O) groups is 1. The Kier molecular flexibility index (Phi) is 5.80. The van der Waals surface area contributed by atoms with Gasteiger partial charge in [-0.15, -0.1) is 0 Å². The molecule has 0 aliphatic rings. The molecule has 0 spiro atoms. The molecule has 0 atom stereocenters. The van der Waals surface area contributed by atoms with E-state index < -0.39 is 16.5 Å². The highest BCUT2D eigenvalue weighted by Crippen LogP contribution is 2.31. The molecule has 1 amide bonds. The summed E-state index contributed by atoms with van der Waals surface area (Å²) in [7, 11) is 0. The van der Waals surface area contributed by atoms with Crippen LogP contribution < -0.4 is 16.2 Å². The predicted octanol–water partition coefficient (Wildman–Crippen LogP) is 3.96. The lowest BCUT2D eigenvalue weighted by Crippen LogP contribution is -2.30. The standard InChI is InChI=1S/C18H15BrN6O3/c1-11-4-2-3-5-14(11)18(26)24-23-17-15(25(27)28)16(20-10-21-17)22-13-8-6-12(19)7-9-13/h2-10H,1H3,(H,24,26)(H2,20,21,22,23). The van der Waals surface area contributed by atoms with Crippen LogP contribution in [0.3, 0.4) is 0 Å². The van der Waals surface area contributed by atoms with Gasteiger partial charge in [0.05, 0.1) is 4.92 Å². The van der Waals surface area contributed by atoms with Gasteiger partial charge >= 0.3 is 5.69 Å². The van der Waals surface area contributed by atoms with Crippen LogP contribution >= 0.6 is 15.9 Å². The van der Waals surface area contributed by atoms with Gasteiger partial charge in [-0.2, -0.15) is 0 Å².